The van der Waals surface area contributed by atoms with Gasteiger partial charge in [-0.3, -0.25) is 0 Å². The number of nitriles is 2. The summed E-state index contributed by atoms with van der Waals surface area (Å²) in [6.07, 6.45) is 3.35. The lowest BCUT2D eigenvalue weighted by molar-refractivity contribution is 0.660. The number of thiophene rings is 6. The average molecular weight is 1400 g/mol. The Morgan fingerprint density at radius 3 is 1.06 bits per heavy atom. The fourth-order valence-electron chi connectivity index (χ4n) is 15.9. The largest absolute Gasteiger partial charge is 0.310 e. The molecule has 0 unspecified atom stereocenters. The van der Waals surface area contributed by atoms with Crippen LogP contribution in [0.1, 0.15) is 110 Å². The molecule has 6 aromatic heterocycles. The van der Waals surface area contributed by atoms with Gasteiger partial charge in [-0.2, -0.15) is 0 Å². The van der Waals surface area contributed by atoms with E-state index < -0.39 is 0 Å². The zero-order valence-electron chi connectivity index (χ0n) is 56.1. The zero-order chi connectivity index (χ0) is 68.7. The smallest absolute Gasteiger partial charge is 0.263 e. The van der Waals surface area contributed by atoms with Crippen molar-refractivity contribution in [3.8, 4) is 74.8 Å². The molecule has 100 heavy (non-hydrogen) atoms. The minimum atomic E-state index is -0.212. The Morgan fingerprint density at radius 1 is 0.340 bits per heavy atom. The molecule has 0 amide bonds. The Balaban J connectivity index is 0.000000160. The average Bonchev–Trinajstić information content (AvgIpc) is 1.55. The first-order valence-electron chi connectivity index (χ1n) is 33.2. The first-order valence-corrected chi connectivity index (χ1v) is 38.1. The van der Waals surface area contributed by atoms with Gasteiger partial charge in [-0.25, -0.2) is 20.2 Å². The number of para-hydroxylation sites is 2. The molecule has 0 saturated heterocycles. The Labute approximate surface area is 607 Å². The van der Waals surface area contributed by atoms with Gasteiger partial charge in [0.2, 0.25) is 0 Å². The van der Waals surface area contributed by atoms with Gasteiger partial charge in [-0.05, 0) is 199 Å². The van der Waals surface area contributed by atoms with Gasteiger partial charge in [0.15, 0.2) is 0 Å². The van der Waals surface area contributed by atoms with Crippen LogP contribution in [0.2, 0.25) is 0 Å². The molecular formula is C88H62N6S6. The highest BCUT2D eigenvalue weighted by molar-refractivity contribution is 7.33. The summed E-state index contributed by atoms with van der Waals surface area (Å²) >= 11 is 10.7. The quantitative estimate of drug-likeness (QED) is 0.101. The summed E-state index contributed by atoms with van der Waals surface area (Å²) < 4.78 is 5.34. The maximum atomic E-state index is 9.29. The lowest BCUT2D eigenvalue weighted by Gasteiger charge is -2.31. The first kappa shape index (κ1) is 63.0. The van der Waals surface area contributed by atoms with E-state index in [0.29, 0.717) is 0 Å². The molecule has 0 spiro atoms. The molecule has 4 aliphatic carbocycles. The van der Waals surface area contributed by atoms with E-state index in [0.717, 1.165) is 53.6 Å². The van der Waals surface area contributed by atoms with E-state index in [4.69, 9.17) is 18.4 Å². The van der Waals surface area contributed by atoms with Crippen LogP contribution in [0.3, 0.4) is 0 Å². The summed E-state index contributed by atoms with van der Waals surface area (Å²) in [6, 6.07) is 84.0. The van der Waals surface area contributed by atoms with Crippen LogP contribution < -0.4 is 9.80 Å². The maximum absolute atomic E-state index is 9.29. The number of benzene rings is 8. The number of nitrogens with zero attached hydrogens (tertiary/aromatic N) is 6. The van der Waals surface area contributed by atoms with Gasteiger partial charge in [0.05, 0.1) is 34.7 Å². The second-order valence-electron chi connectivity index (χ2n) is 28.0. The number of rotatable bonds is 10. The van der Waals surface area contributed by atoms with Crippen molar-refractivity contribution >= 4 is 133 Å². The molecule has 0 N–H and O–H groups in total. The van der Waals surface area contributed by atoms with Crippen molar-refractivity contribution in [1.29, 1.82) is 10.5 Å². The van der Waals surface area contributed by atoms with Crippen LogP contribution in [0.25, 0.3) is 103 Å². The Morgan fingerprint density at radius 2 is 0.680 bits per heavy atom. The number of hydrogen-bond donors (Lipinski definition) is 0. The fourth-order valence-corrected chi connectivity index (χ4v) is 23.9. The van der Waals surface area contributed by atoms with Gasteiger partial charge in [-0.1, -0.05) is 165 Å². The van der Waals surface area contributed by atoms with E-state index in [-0.39, 0.29) is 33.1 Å². The van der Waals surface area contributed by atoms with Crippen molar-refractivity contribution in [2.75, 3.05) is 9.80 Å². The summed E-state index contributed by atoms with van der Waals surface area (Å²) in [6.45, 7) is 33.4. The summed E-state index contributed by atoms with van der Waals surface area (Å²) in [5.41, 5.74) is 25.6. The van der Waals surface area contributed by atoms with E-state index in [1.807, 2.05) is 69.6 Å². The van der Waals surface area contributed by atoms with E-state index in [9.17, 15) is 5.26 Å². The summed E-state index contributed by atoms with van der Waals surface area (Å²) in [7, 11) is 0. The topological polar surface area (TPSA) is 62.8 Å². The van der Waals surface area contributed by atoms with E-state index in [2.05, 4.69) is 281 Å². The highest BCUT2D eigenvalue weighted by atomic mass is 32.1. The van der Waals surface area contributed by atoms with Crippen molar-refractivity contribution in [3.05, 3.63) is 307 Å². The molecule has 6 nitrogen and oxygen atoms in total. The summed E-state index contributed by atoms with van der Waals surface area (Å²) in [5, 5.41) is 18.4. The van der Waals surface area contributed by atoms with Crippen molar-refractivity contribution in [2.24, 2.45) is 0 Å². The maximum Gasteiger partial charge on any atom is 0.263 e. The molecule has 8 aromatic carbocycles. The monoisotopic (exact) mass is 1390 g/mol. The minimum Gasteiger partial charge on any atom is -0.310 e. The Hall–Kier alpha value is -10.5. The van der Waals surface area contributed by atoms with Crippen molar-refractivity contribution in [2.45, 2.75) is 77.0 Å². The van der Waals surface area contributed by atoms with Gasteiger partial charge < -0.3 is 9.80 Å². The zero-order valence-corrected chi connectivity index (χ0v) is 61.0. The molecule has 14 aromatic rings. The fraction of sp³-hybridized carbons (Fsp3) is 0.136. The molecular weight excluding hydrogens is 1330 g/mol. The molecule has 18 rings (SSSR count). The molecule has 0 fully saturated rings. The number of hydrogen-bond acceptors (Lipinski definition) is 10. The molecule has 0 aliphatic heterocycles. The van der Waals surface area contributed by atoms with Crippen LogP contribution in [0.4, 0.5) is 34.1 Å². The highest BCUT2D eigenvalue weighted by Gasteiger charge is 2.43. The van der Waals surface area contributed by atoms with E-state index in [1.54, 1.807) is 34.8 Å². The van der Waals surface area contributed by atoms with E-state index in [1.165, 1.54) is 116 Å². The molecule has 0 atom stereocenters. The third-order valence-corrected chi connectivity index (χ3v) is 28.1. The summed E-state index contributed by atoms with van der Waals surface area (Å²) in [5.74, 6) is 0. The second-order valence-corrected chi connectivity index (χ2v) is 34.4. The first-order chi connectivity index (χ1) is 48.4. The van der Waals surface area contributed by atoms with Gasteiger partial charge in [-0.15, -0.1) is 68.0 Å². The van der Waals surface area contributed by atoms with Crippen LogP contribution in [-0.2, 0) is 21.7 Å². The molecule has 480 valence electrons. The van der Waals surface area contributed by atoms with Crippen LogP contribution >= 0.6 is 68.0 Å². The standard InChI is InChI=1S/C53H39N3S3.C35H23N3S3/c1-51(2)40-14-10-8-12-35(40)37-20-16-31(25-42(37)51)56(32-17-21-38-36-13-9-11-15-41(36)52(3,4)43(38)26-32)33-18-22-39-44(27-33)53(5,6)48-49(39)59-47-28-46(58-50(47)48)45-23-19-34(57-45)24-30(29-54)55-7;1-35(2)28-19-25(38(23-10-6-4-7-11-23)24-12-8-5-9-13-24)14-16-27(28)33-32(35)34-31(41-33)20-30(40-34)29-17-15-26(39-29)18-22(21-36)37-3/h8-28H,1-6H3;4-20H,1-2H3/b30-24-;22-18-. The SMILES string of the molecule is [C-]#[N+]/C(C#N)=C\c1ccc(-c2cc3sc4c(c3s2)C(C)(C)c2cc(N(c3ccc5c(c3)C(C)(C)c3ccccc3-5)c3ccc5c(c3)C(C)(C)c3ccccc3-5)ccc2-4)s1.[C-]#[N+]/C(C#N)=C\c1ccc(-c2cc3sc4c(c3s2)C(C)(C)c2cc(N(c3ccccc3)c3ccccc3)ccc2-4)s1. The van der Waals surface area contributed by atoms with Crippen LogP contribution in [0.5, 0.6) is 0 Å². The van der Waals surface area contributed by atoms with Gasteiger partial charge in [0, 0.05) is 104 Å². The summed E-state index contributed by atoms with van der Waals surface area (Å²) in [4.78, 5) is 20.8. The normalized spacial score (nSPS) is 14.8. The van der Waals surface area contributed by atoms with Gasteiger partial charge >= 0.3 is 0 Å². The second kappa shape index (κ2) is 23.6. The third kappa shape index (κ3) is 9.88. The van der Waals surface area contributed by atoms with Crippen molar-refractivity contribution < 1.29 is 0 Å². The van der Waals surface area contributed by atoms with Crippen LogP contribution in [-0.4, -0.2) is 0 Å². The molecule has 0 saturated carbocycles. The predicted molar refractivity (Wildman–Crippen MR) is 426 cm³/mol. The number of anilines is 6. The Bertz CT molecular complexity index is 5820. The molecule has 4 aliphatic rings. The van der Waals surface area contributed by atoms with Gasteiger partial charge in [0.1, 0.15) is 0 Å². The minimum absolute atomic E-state index is 0.108. The van der Waals surface area contributed by atoms with Crippen molar-refractivity contribution in [1.82, 2.24) is 0 Å². The molecule has 0 bridgehead atoms. The van der Waals surface area contributed by atoms with Crippen molar-refractivity contribution in [3.63, 3.8) is 0 Å². The lowest BCUT2D eigenvalue weighted by Crippen LogP contribution is -2.19. The number of fused-ring (bicyclic) bond motifs is 16. The number of allylic oxidation sites excluding steroid dienone is 2. The highest BCUT2D eigenvalue weighted by Crippen LogP contribution is 2.62. The van der Waals surface area contributed by atoms with E-state index >= 15 is 0 Å². The molecule has 6 heterocycles. The lowest BCUT2D eigenvalue weighted by atomic mass is 9.81. The molecule has 12 heteroatoms. The van der Waals surface area contributed by atoms with Gasteiger partial charge in [0.25, 0.3) is 11.4 Å². The Kier molecular flexibility index (Phi) is 14.9. The van der Waals surface area contributed by atoms with Crippen LogP contribution in [0.15, 0.2) is 230 Å². The molecule has 0 radical (unpaired) electrons. The predicted octanol–water partition coefficient (Wildman–Crippen LogP) is 27.1. The third-order valence-electron chi connectivity index (χ3n) is 20.8. The van der Waals surface area contributed by atoms with Crippen LogP contribution in [0, 0.1) is 35.8 Å².